The highest BCUT2D eigenvalue weighted by atomic mass is 16.6. The lowest BCUT2D eigenvalue weighted by Gasteiger charge is -2.27. The third-order valence-electron chi connectivity index (χ3n) is 6.61. The van der Waals surface area contributed by atoms with Crippen molar-refractivity contribution in [2.75, 3.05) is 4.90 Å². The fourth-order valence-electron chi connectivity index (χ4n) is 4.33. The molecule has 0 spiro atoms. The summed E-state index contributed by atoms with van der Waals surface area (Å²) in [5.41, 5.74) is 3.19. The Bertz CT molecular complexity index is 1690. The van der Waals surface area contributed by atoms with Crippen LogP contribution in [0.4, 0.5) is 16.2 Å². The highest BCUT2D eigenvalue weighted by Gasteiger charge is 2.37. The Labute approximate surface area is 223 Å². The van der Waals surface area contributed by atoms with Crippen molar-refractivity contribution in [2.45, 2.75) is 20.5 Å². The number of barbiturate groups is 1. The van der Waals surface area contributed by atoms with E-state index in [1.165, 1.54) is 18.2 Å². The largest absolute Gasteiger partial charge is 0.488 e. The van der Waals surface area contributed by atoms with Gasteiger partial charge in [-0.3, -0.25) is 25.0 Å². The number of hydrogen-bond acceptors (Lipinski definition) is 6. The second-order valence-corrected chi connectivity index (χ2v) is 9.14. The lowest BCUT2D eigenvalue weighted by molar-refractivity contribution is -0.384. The smallest absolute Gasteiger partial charge is 0.335 e. The van der Waals surface area contributed by atoms with Gasteiger partial charge in [0.25, 0.3) is 17.5 Å². The normalized spacial score (nSPS) is 14.6. The van der Waals surface area contributed by atoms with Crippen LogP contribution in [-0.2, 0) is 16.2 Å². The number of carbonyl (C=O) groups is 3. The first-order chi connectivity index (χ1) is 18.7. The molecule has 1 aliphatic rings. The molecule has 4 aromatic carbocycles. The second kappa shape index (κ2) is 10.2. The molecule has 1 saturated heterocycles. The monoisotopic (exact) mass is 521 g/mol. The molecule has 9 heteroatoms. The van der Waals surface area contributed by atoms with Crippen LogP contribution in [0.15, 0.2) is 84.4 Å². The summed E-state index contributed by atoms with van der Waals surface area (Å²) in [5, 5.41) is 14.8. The molecule has 0 unspecified atom stereocenters. The van der Waals surface area contributed by atoms with Gasteiger partial charge in [0.1, 0.15) is 17.9 Å². The number of urea groups is 1. The van der Waals surface area contributed by atoms with Gasteiger partial charge < -0.3 is 4.74 Å². The summed E-state index contributed by atoms with van der Waals surface area (Å²) in [6.45, 7) is 3.89. The number of anilines is 1. The lowest BCUT2D eigenvalue weighted by atomic mass is 9.99. The van der Waals surface area contributed by atoms with E-state index in [-0.39, 0.29) is 17.9 Å². The predicted octanol–water partition coefficient (Wildman–Crippen LogP) is 5.61. The molecule has 4 aromatic rings. The van der Waals surface area contributed by atoms with E-state index >= 15 is 0 Å². The van der Waals surface area contributed by atoms with Gasteiger partial charge in [0, 0.05) is 17.7 Å². The summed E-state index contributed by atoms with van der Waals surface area (Å²) < 4.78 is 6.07. The van der Waals surface area contributed by atoms with Gasteiger partial charge in [0.15, 0.2) is 0 Å². The van der Waals surface area contributed by atoms with E-state index in [1.54, 1.807) is 36.4 Å². The zero-order chi connectivity index (χ0) is 27.7. The van der Waals surface area contributed by atoms with Gasteiger partial charge in [0.05, 0.1) is 10.6 Å². The first-order valence-corrected chi connectivity index (χ1v) is 12.1. The number of nitro benzene ring substituents is 1. The molecule has 0 aliphatic carbocycles. The first kappa shape index (κ1) is 25.3. The summed E-state index contributed by atoms with van der Waals surface area (Å²) in [6, 6.07) is 21.4. The van der Waals surface area contributed by atoms with Gasteiger partial charge in [-0.2, -0.15) is 0 Å². The summed E-state index contributed by atoms with van der Waals surface area (Å²) in [5.74, 6) is -1.16. The van der Waals surface area contributed by atoms with Crippen LogP contribution in [0, 0.1) is 24.0 Å². The fourth-order valence-corrected chi connectivity index (χ4v) is 4.33. The average molecular weight is 522 g/mol. The van der Waals surface area contributed by atoms with Crippen LogP contribution in [0.5, 0.6) is 5.75 Å². The number of carbonyl (C=O) groups excluding carboxylic acids is 3. The van der Waals surface area contributed by atoms with Gasteiger partial charge in [-0.15, -0.1) is 0 Å². The van der Waals surface area contributed by atoms with E-state index in [0.29, 0.717) is 22.6 Å². The maximum atomic E-state index is 13.5. The number of hydrogen-bond donors (Lipinski definition) is 1. The molecule has 5 rings (SSSR count). The number of nitrogens with one attached hydrogen (secondary N) is 1. The van der Waals surface area contributed by atoms with Gasteiger partial charge in [-0.25, -0.2) is 9.69 Å². The summed E-state index contributed by atoms with van der Waals surface area (Å²) in [7, 11) is 0. The Morgan fingerprint density at radius 1 is 0.923 bits per heavy atom. The van der Waals surface area contributed by atoms with Crippen LogP contribution in [0.25, 0.3) is 16.8 Å². The molecule has 4 amide bonds. The Morgan fingerprint density at radius 3 is 2.38 bits per heavy atom. The third kappa shape index (κ3) is 4.97. The minimum absolute atomic E-state index is 0.0282. The van der Waals surface area contributed by atoms with Crippen LogP contribution in [0.1, 0.15) is 22.3 Å². The van der Waals surface area contributed by atoms with Gasteiger partial charge >= 0.3 is 6.03 Å². The number of nitrogens with zero attached hydrogens (tertiary/aromatic N) is 2. The average Bonchev–Trinajstić information content (AvgIpc) is 2.92. The molecular weight excluding hydrogens is 498 g/mol. The highest BCUT2D eigenvalue weighted by Crippen LogP contribution is 2.32. The fraction of sp³-hybridized carbons (Fsp3) is 0.100. The molecule has 194 valence electrons. The Kier molecular flexibility index (Phi) is 6.64. The summed E-state index contributed by atoms with van der Waals surface area (Å²) in [6.07, 6.45) is 1.44. The maximum absolute atomic E-state index is 13.5. The molecular formula is C30H23N3O6. The zero-order valence-corrected chi connectivity index (χ0v) is 21.1. The van der Waals surface area contributed by atoms with Crippen LogP contribution >= 0.6 is 0 Å². The molecule has 1 fully saturated rings. The zero-order valence-electron chi connectivity index (χ0n) is 21.1. The number of imide groups is 2. The number of rotatable bonds is 6. The molecule has 9 nitrogen and oxygen atoms in total. The molecule has 1 aliphatic heterocycles. The Morgan fingerprint density at radius 2 is 1.67 bits per heavy atom. The number of fused-ring (bicyclic) bond motifs is 1. The summed E-state index contributed by atoms with van der Waals surface area (Å²) >= 11 is 0. The molecule has 1 N–H and O–H groups in total. The van der Waals surface area contributed by atoms with Crippen molar-refractivity contribution in [1.29, 1.82) is 0 Å². The molecule has 0 radical (unpaired) electrons. The maximum Gasteiger partial charge on any atom is 0.335 e. The van der Waals surface area contributed by atoms with E-state index < -0.39 is 22.8 Å². The molecule has 1 heterocycles. The van der Waals surface area contributed by atoms with Crippen LogP contribution < -0.4 is 15.0 Å². The van der Waals surface area contributed by atoms with E-state index in [9.17, 15) is 24.5 Å². The molecule has 0 aromatic heterocycles. The minimum Gasteiger partial charge on any atom is -0.488 e. The quantitative estimate of drug-likeness (QED) is 0.152. The SMILES string of the molecule is Cc1ccc(N2C(=O)NC(=O)/C(=C\c3c(OCc4ccc([N+](=O)[O-])cc4)ccc4ccccc34)C2=O)cc1C. The number of benzene rings is 4. The second-order valence-electron chi connectivity index (χ2n) is 9.14. The third-order valence-corrected chi connectivity index (χ3v) is 6.61. The molecule has 0 atom stereocenters. The van der Waals surface area contributed by atoms with E-state index in [1.807, 2.05) is 44.2 Å². The summed E-state index contributed by atoms with van der Waals surface area (Å²) in [4.78, 5) is 50.5. The Balaban J connectivity index is 1.55. The standard InChI is InChI=1S/C30H23N3O6/c1-18-7-11-23(15-19(18)2)32-29(35)26(28(34)31-30(32)36)16-25-24-6-4-3-5-21(24)10-14-27(25)39-17-20-8-12-22(13-9-20)33(37)38/h3-16H,17H2,1-2H3,(H,31,34,36)/b26-16+. The number of ether oxygens (including phenoxy) is 1. The number of non-ortho nitro benzene ring substituents is 1. The lowest BCUT2D eigenvalue weighted by Crippen LogP contribution is -2.54. The molecule has 0 saturated carbocycles. The first-order valence-electron chi connectivity index (χ1n) is 12.1. The van der Waals surface area contributed by atoms with Crippen LogP contribution in [-0.4, -0.2) is 22.8 Å². The van der Waals surface area contributed by atoms with E-state index in [0.717, 1.165) is 26.8 Å². The van der Waals surface area contributed by atoms with Crippen molar-refractivity contribution in [3.8, 4) is 5.75 Å². The van der Waals surface area contributed by atoms with Crippen molar-refractivity contribution < 1.29 is 24.0 Å². The van der Waals surface area contributed by atoms with E-state index in [2.05, 4.69) is 5.32 Å². The van der Waals surface area contributed by atoms with Crippen molar-refractivity contribution in [1.82, 2.24) is 5.32 Å². The number of aryl methyl sites for hydroxylation is 2. The number of amides is 4. The van der Waals surface area contributed by atoms with Crippen LogP contribution in [0.3, 0.4) is 0 Å². The van der Waals surface area contributed by atoms with Crippen molar-refractivity contribution in [3.05, 3.63) is 117 Å². The molecule has 39 heavy (non-hydrogen) atoms. The van der Waals surface area contributed by atoms with Crippen molar-refractivity contribution in [2.24, 2.45) is 0 Å². The van der Waals surface area contributed by atoms with Gasteiger partial charge in [-0.05, 0) is 77.7 Å². The number of nitro groups is 1. The predicted molar refractivity (Wildman–Crippen MR) is 146 cm³/mol. The topological polar surface area (TPSA) is 119 Å². The highest BCUT2D eigenvalue weighted by molar-refractivity contribution is 6.39. The van der Waals surface area contributed by atoms with Crippen molar-refractivity contribution in [3.63, 3.8) is 0 Å². The van der Waals surface area contributed by atoms with Crippen LogP contribution in [0.2, 0.25) is 0 Å². The minimum atomic E-state index is -0.821. The van der Waals surface area contributed by atoms with Gasteiger partial charge in [0.2, 0.25) is 0 Å². The van der Waals surface area contributed by atoms with E-state index in [4.69, 9.17) is 4.74 Å². The Hall–Kier alpha value is -5.31. The van der Waals surface area contributed by atoms with Gasteiger partial charge in [-0.1, -0.05) is 36.4 Å². The molecule has 0 bridgehead atoms. The van der Waals surface area contributed by atoms with Crippen molar-refractivity contribution >= 4 is 46.1 Å².